The molecule has 0 radical (unpaired) electrons. The molecule has 0 fully saturated rings. The van der Waals surface area contributed by atoms with Crippen molar-refractivity contribution in [3.63, 3.8) is 0 Å². The molecule has 0 saturated carbocycles. The molecule has 5 nitrogen and oxygen atoms in total. The summed E-state index contributed by atoms with van der Waals surface area (Å²) in [6, 6.07) is 25.6. The molecule has 160 valence electrons. The molecule has 2 N–H and O–H groups in total. The number of carbonyl (C=O) groups is 2. The van der Waals surface area contributed by atoms with E-state index >= 15 is 0 Å². The molecule has 0 spiro atoms. The molecule has 0 aliphatic rings. The van der Waals surface area contributed by atoms with Gasteiger partial charge in [-0.15, -0.1) is 0 Å². The van der Waals surface area contributed by atoms with Crippen LogP contribution in [-0.2, 0) is 9.59 Å². The predicted molar refractivity (Wildman–Crippen MR) is 120 cm³/mol. The lowest BCUT2D eigenvalue weighted by atomic mass is 9.90. The van der Waals surface area contributed by atoms with E-state index in [2.05, 4.69) is 5.32 Å². The van der Waals surface area contributed by atoms with Gasteiger partial charge in [0.15, 0.2) is 0 Å². The van der Waals surface area contributed by atoms with Crippen molar-refractivity contribution in [1.29, 1.82) is 0 Å². The van der Waals surface area contributed by atoms with Gasteiger partial charge in [-0.1, -0.05) is 79.7 Å². The number of ether oxygens (including phenoxy) is 1. The number of carboxylic acid groups (broad SMARTS) is 1. The van der Waals surface area contributed by atoms with E-state index < -0.39 is 17.9 Å². The minimum atomic E-state index is -0.979. The fourth-order valence-corrected chi connectivity index (χ4v) is 3.48. The highest BCUT2D eigenvalue weighted by molar-refractivity contribution is 5.88. The molecule has 31 heavy (non-hydrogen) atoms. The van der Waals surface area contributed by atoms with E-state index in [1.54, 1.807) is 24.3 Å². The zero-order valence-corrected chi connectivity index (χ0v) is 17.5. The second kappa shape index (κ2) is 11.0. The molecule has 0 aliphatic carbocycles. The van der Waals surface area contributed by atoms with Crippen molar-refractivity contribution in [3.05, 3.63) is 102 Å². The van der Waals surface area contributed by atoms with Crippen molar-refractivity contribution in [2.45, 2.75) is 31.7 Å². The standard InChI is InChI=1S/C26H27NO4/c1-2-17-31-22-15-13-19(14-16-22)23(18-24(28)29)27-26(30)25(20-9-5-3-6-10-20)21-11-7-4-8-12-21/h3-16,23,25H,2,17-18H2,1H3,(H,27,30)(H,28,29)/t23-/m1/s1. The Balaban J connectivity index is 1.86. The van der Waals surface area contributed by atoms with Crippen LogP contribution in [0.2, 0.25) is 0 Å². The molecular formula is C26H27NO4. The van der Waals surface area contributed by atoms with Crippen LogP contribution in [-0.4, -0.2) is 23.6 Å². The van der Waals surface area contributed by atoms with Gasteiger partial charge in [0.25, 0.3) is 0 Å². The van der Waals surface area contributed by atoms with Crippen LogP contribution in [0.4, 0.5) is 0 Å². The summed E-state index contributed by atoms with van der Waals surface area (Å²) in [4.78, 5) is 24.9. The topological polar surface area (TPSA) is 75.6 Å². The molecule has 0 unspecified atom stereocenters. The number of hydrogen-bond donors (Lipinski definition) is 2. The number of benzene rings is 3. The summed E-state index contributed by atoms with van der Waals surface area (Å²) in [5, 5.41) is 12.4. The average molecular weight is 418 g/mol. The molecule has 3 rings (SSSR count). The summed E-state index contributed by atoms with van der Waals surface area (Å²) in [5.41, 5.74) is 2.42. The molecule has 0 bridgehead atoms. The molecule has 0 aliphatic heterocycles. The van der Waals surface area contributed by atoms with Gasteiger partial charge in [0, 0.05) is 0 Å². The fraction of sp³-hybridized carbons (Fsp3) is 0.231. The summed E-state index contributed by atoms with van der Waals surface area (Å²) < 4.78 is 5.60. The minimum Gasteiger partial charge on any atom is -0.494 e. The van der Waals surface area contributed by atoms with E-state index in [4.69, 9.17) is 4.74 Å². The van der Waals surface area contributed by atoms with Gasteiger partial charge in [-0.25, -0.2) is 0 Å². The zero-order valence-electron chi connectivity index (χ0n) is 17.5. The number of nitrogens with one attached hydrogen (secondary N) is 1. The first-order chi connectivity index (χ1) is 15.1. The van der Waals surface area contributed by atoms with Gasteiger partial charge in [0.1, 0.15) is 5.75 Å². The molecule has 5 heteroatoms. The maximum atomic E-state index is 13.4. The van der Waals surface area contributed by atoms with Gasteiger partial charge >= 0.3 is 5.97 Å². The van der Waals surface area contributed by atoms with E-state index in [1.165, 1.54) is 0 Å². The maximum Gasteiger partial charge on any atom is 0.305 e. The summed E-state index contributed by atoms with van der Waals surface area (Å²) in [6.45, 7) is 2.65. The second-order valence-corrected chi connectivity index (χ2v) is 7.33. The van der Waals surface area contributed by atoms with Crippen molar-refractivity contribution < 1.29 is 19.4 Å². The Bertz CT molecular complexity index is 932. The number of hydrogen-bond acceptors (Lipinski definition) is 3. The Labute approximate surface area is 182 Å². The lowest BCUT2D eigenvalue weighted by Gasteiger charge is -2.23. The largest absolute Gasteiger partial charge is 0.494 e. The first-order valence-electron chi connectivity index (χ1n) is 10.4. The van der Waals surface area contributed by atoms with Gasteiger partial charge in [-0.3, -0.25) is 9.59 Å². The third-order valence-electron chi connectivity index (χ3n) is 4.98. The van der Waals surface area contributed by atoms with Gasteiger partial charge in [0.05, 0.1) is 25.0 Å². The molecule has 0 saturated heterocycles. The highest BCUT2D eigenvalue weighted by Gasteiger charge is 2.26. The Morgan fingerprint density at radius 2 is 1.39 bits per heavy atom. The molecule has 3 aromatic carbocycles. The predicted octanol–water partition coefficient (Wildman–Crippen LogP) is 4.94. The molecule has 0 aromatic heterocycles. The van der Waals surface area contributed by atoms with Crippen LogP contribution in [0.5, 0.6) is 5.75 Å². The Morgan fingerprint density at radius 1 is 0.839 bits per heavy atom. The van der Waals surface area contributed by atoms with Crippen molar-refractivity contribution >= 4 is 11.9 Å². The zero-order chi connectivity index (χ0) is 22.1. The summed E-state index contributed by atoms with van der Waals surface area (Å²) in [5.74, 6) is -1.04. The minimum absolute atomic E-state index is 0.211. The van der Waals surface area contributed by atoms with E-state index in [-0.39, 0.29) is 12.3 Å². The molecule has 1 amide bonds. The third-order valence-corrected chi connectivity index (χ3v) is 4.98. The molecule has 1 atom stereocenters. The van der Waals surface area contributed by atoms with Crippen molar-refractivity contribution in [1.82, 2.24) is 5.32 Å². The molecular weight excluding hydrogens is 390 g/mol. The van der Waals surface area contributed by atoms with Crippen LogP contribution in [0.3, 0.4) is 0 Å². The van der Waals surface area contributed by atoms with Crippen LogP contribution in [0.25, 0.3) is 0 Å². The van der Waals surface area contributed by atoms with Crippen LogP contribution in [0, 0.1) is 0 Å². The lowest BCUT2D eigenvalue weighted by Crippen LogP contribution is -2.34. The Kier molecular flexibility index (Phi) is 7.82. The van der Waals surface area contributed by atoms with Crippen molar-refractivity contribution in [2.75, 3.05) is 6.61 Å². The van der Waals surface area contributed by atoms with E-state index in [1.807, 2.05) is 67.6 Å². The average Bonchev–Trinajstić information content (AvgIpc) is 2.79. The van der Waals surface area contributed by atoms with Crippen LogP contribution in [0.15, 0.2) is 84.9 Å². The smallest absolute Gasteiger partial charge is 0.305 e. The SMILES string of the molecule is CCCOc1ccc([C@@H](CC(=O)O)NC(=O)C(c2ccccc2)c2ccccc2)cc1. The second-order valence-electron chi connectivity index (χ2n) is 7.33. The van der Waals surface area contributed by atoms with Crippen LogP contribution in [0.1, 0.15) is 48.4 Å². The molecule has 3 aromatic rings. The number of carboxylic acids is 1. The first kappa shape index (κ1) is 22.1. The quantitative estimate of drug-likeness (QED) is 0.490. The van der Waals surface area contributed by atoms with Gasteiger partial charge in [-0.05, 0) is 35.2 Å². The van der Waals surface area contributed by atoms with Crippen molar-refractivity contribution in [2.24, 2.45) is 0 Å². The normalized spacial score (nSPS) is 11.7. The number of amides is 1. The van der Waals surface area contributed by atoms with Crippen LogP contribution < -0.4 is 10.1 Å². The van der Waals surface area contributed by atoms with Crippen molar-refractivity contribution in [3.8, 4) is 5.75 Å². The third kappa shape index (κ3) is 6.19. The van der Waals surface area contributed by atoms with Crippen LogP contribution >= 0.6 is 0 Å². The summed E-state index contributed by atoms with van der Waals surface area (Å²) >= 11 is 0. The molecule has 0 heterocycles. The number of carbonyl (C=O) groups excluding carboxylic acids is 1. The highest BCUT2D eigenvalue weighted by atomic mass is 16.5. The lowest BCUT2D eigenvalue weighted by molar-refractivity contribution is -0.137. The summed E-state index contributed by atoms with van der Waals surface area (Å²) in [6.07, 6.45) is 0.691. The van der Waals surface area contributed by atoms with E-state index in [0.717, 1.165) is 28.9 Å². The van der Waals surface area contributed by atoms with Gasteiger partial charge < -0.3 is 15.2 Å². The number of rotatable bonds is 10. The van der Waals surface area contributed by atoms with Gasteiger partial charge in [-0.2, -0.15) is 0 Å². The van der Waals surface area contributed by atoms with E-state index in [9.17, 15) is 14.7 Å². The van der Waals surface area contributed by atoms with Gasteiger partial charge in [0.2, 0.25) is 5.91 Å². The highest BCUT2D eigenvalue weighted by Crippen LogP contribution is 2.27. The Hall–Kier alpha value is -3.60. The number of aliphatic carboxylic acids is 1. The Morgan fingerprint density at radius 3 is 1.87 bits per heavy atom. The summed E-state index contributed by atoms with van der Waals surface area (Å²) in [7, 11) is 0. The maximum absolute atomic E-state index is 13.4. The first-order valence-corrected chi connectivity index (χ1v) is 10.4. The van der Waals surface area contributed by atoms with E-state index in [0.29, 0.717) is 6.61 Å². The monoisotopic (exact) mass is 417 g/mol. The fourth-order valence-electron chi connectivity index (χ4n) is 3.48.